The molecule has 3 rings (SSSR count). The highest BCUT2D eigenvalue weighted by molar-refractivity contribution is 6.36. The molecule has 0 unspecified atom stereocenters. The van der Waals surface area contributed by atoms with Crippen LogP contribution in [-0.2, 0) is 19.9 Å². The van der Waals surface area contributed by atoms with E-state index in [0.29, 0.717) is 0 Å². The van der Waals surface area contributed by atoms with E-state index in [1.807, 2.05) is 91.0 Å². The SMILES string of the molecule is CC(=O)C(=O)COC(c1ccccc1)(c1ccccc1)c1ccccc1. The van der Waals surface area contributed by atoms with Gasteiger partial charge in [0.05, 0.1) is 0 Å². The van der Waals surface area contributed by atoms with Gasteiger partial charge in [0.2, 0.25) is 5.78 Å². The molecule has 0 atom stereocenters. The van der Waals surface area contributed by atoms with Gasteiger partial charge >= 0.3 is 0 Å². The highest BCUT2D eigenvalue weighted by Gasteiger charge is 2.38. The summed E-state index contributed by atoms with van der Waals surface area (Å²) in [5, 5.41) is 0. The van der Waals surface area contributed by atoms with Crippen molar-refractivity contribution in [2.45, 2.75) is 12.5 Å². The predicted molar refractivity (Wildman–Crippen MR) is 101 cm³/mol. The highest BCUT2D eigenvalue weighted by Crippen LogP contribution is 2.40. The minimum atomic E-state index is -0.977. The van der Waals surface area contributed by atoms with Gasteiger partial charge in [-0.3, -0.25) is 9.59 Å². The van der Waals surface area contributed by atoms with Gasteiger partial charge in [-0.25, -0.2) is 0 Å². The van der Waals surface area contributed by atoms with Crippen molar-refractivity contribution in [2.75, 3.05) is 6.61 Å². The first-order valence-corrected chi connectivity index (χ1v) is 8.49. The minimum absolute atomic E-state index is 0.284. The average molecular weight is 344 g/mol. The van der Waals surface area contributed by atoms with Crippen LogP contribution in [0.2, 0.25) is 0 Å². The van der Waals surface area contributed by atoms with Crippen LogP contribution in [0.25, 0.3) is 0 Å². The Hall–Kier alpha value is -3.04. The van der Waals surface area contributed by atoms with Crippen LogP contribution < -0.4 is 0 Å². The molecule has 3 aromatic carbocycles. The Balaban J connectivity index is 2.21. The van der Waals surface area contributed by atoms with Crippen molar-refractivity contribution in [3.05, 3.63) is 108 Å². The Labute approximate surface area is 153 Å². The molecule has 3 nitrogen and oxygen atoms in total. The van der Waals surface area contributed by atoms with E-state index >= 15 is 0 Å². The summed E-state index contributed by atoms with van der Waals surface area (Å²) in [4.78, 5) is 23.4. The minimum Gasteiger partial charge on any atom is -0.353 e. The maximum atomic E-state index is 12.0. The predicted octanol–water partition coefficient (Wildman–Crippen LogP) is 4.15. The van der Waals surface area contributed by atoms with Crippen molar-refractivity contribution in [2.24, 2.45) is 0 Å². The van der Waals surface area contributed by atoms with Crippen molar-refractivity contribution in [3.63, 3.8) is 0 Å². The summed E-state index contributed by atoms with van der Waals surface area (Å²) in [7, 11) is 0. The number of carbonyl (C=O) groups is 2. The van der Waals surface area contributed by atoms with Gasteiger partial charge < -0.3 is 4.74 Å². The van der Waals surface area contributed by atoms with Crippen LogP contribution in [0.1, 0.15) is 23.6 Å². The third-order valence-corrected chi connectivity index (χ3v) is 4.35. The number of ether oxygens (including phenoxy) is 1. The summed E-state index contributed by atoms with van der Waals surface area (Å²) in [6.07, 6.45) is 0. The van der Waals surface area contributed by atoms with Crippen LogP contribution in [0.4, 0.5) is 0 Å². The number of hydrogen-bond acceptors (Lipinski definition) is 3. The van der Waals surface area contributed by atoms with E-state index in [1.54, 1.807) is 0 Å². The molecule has 26 heavy (non-hydrogen) atoms. The van der Waals surface area contributed by atoms with Gasteiger partial charge in [0.15, 0.2) is 5.78 Å². The summed E-state index contributed by atoms with van der Waals surface area (Å²) in [6.45, 7) is 0.981. The number of ketones is 2. The van der Waals surface area contributed by atoms with E-state index in [0.717, 1.165) is 16.7 Å². The van der Waals surface area contributed by atoms with Gasteiger partial charge in [0, 0.05) is 6.92 Å². The maximum Gasteiger partial charge on any atom is 0.223 e. The Kier molecular flexibility index (Phi) is 5.40. The molecular formula is C23H20O3. The number of carbonyl (C=O) groups excluding carboxylic acids is 2. The molecule has 0 fully saturated rings. The molecule has 0 spiro atoms. The van der Waals surface area contributed by atoms with Crippen LogP contribution in [0, 0.1) is 0 Å². The van der Waals surface area contributed by atoms with Gasteiger partial charge in [-0.2, -0.15) is 0 Å². The first-order valence-electron chi connectivity index (χ1n) is 8.49. The molecule has 0 radical (unpaired) electrons. The second-order valence-electron chi connectivity index (χ2n) is 6.05. The number of benzene rings is 3. The molecule has 3 aromatic rings. The van der Waals surface area contributed by atoms with E-state index in [4.69, 9.17) is 4.74 Å². The van der Waals surface area contributed by atoms with E-state index in [-0.39, 0.29) is 6.61 Å². The van der Waals surface area contributed by atoms with Gasteiger partial charge in [-0.05, 0) is 16.7 Å². The van der Waals surface area contributed by atoms with Gasteiger partial charge in [-0.15, -0.1) is 0 Å². The zero-order valence-electron chi connectivity index (χ0n) is 14.6. The molecule has 0 aromatic heterocycles. The lowest BCUT2D eigenvalue weighted by Crippen LogP contribution is -2.35. The van der Waals surface area contributed by atoms with Gasteiger partial charge in [0.1, 0.15) is 12.2 Å². The molecule has 0 aliphatic rings. The van der Waals surface area contributed by atoms with Gasteiger partial charge in [0.25, 0.3) is 0 Å². The standard InChI is InChI=1S/C23H20O3/c1-18(24)22(25)17-26-23(19-11-5-2-6-12-19,20-13-7-3-8-14-20)21-15-9-4-10-16-21/h2-16H,17H2,1H3. The molecule has 0 saturated carbocycles. The fourth-order valence-electron chi connectivity index (χ4n) is 3.04. The third kappa shape index (κ3) is 3.48. The molecule has 0 amide bonds. The van der Waals surface area contributed by atoms with Crippen LogP contribution in [0.3, 0.4) is 0 Å². The van der Waals surface area contributed by atoms with Crippen LogP contribution >= 0.6 is 0 Å². The van der Waals surface area contributed by atoms with Crippen LogP contribution in [0.15, 0.2) is 91.0 Å². The Morgan fingerprint density at radius 1 is 0.692 bits per heavy atom. The second kappa shape index (κ2) is 7.89. The van der Waals surface area contributed by atoms with Crippen LogP contribution in [0.5, 0.6) is 0 Å². The maximum absolute atomic E-state index is 12.0. The van der Waals surface area contributed by atoms with E-state index in [1.165, 1.54) is 6.92 Å². The molecule has 0 N–H and O–H groups in total. The topological polar surface area (TPSA) is 43.4 Å². The highest BCUT2D eigenvalue weighted by atomic mass is 16.5. The van der Waals surface area contributed by atoms with Crippen molar-refractivity contribution >= 4 is 11.6 Å². The number of hydrogen-bond donors (Lipinski definition) is 0. The normalized spacial score (nSPS) is 11.1. The smallest absolute Gasteiger partial charge is 0.223 e. The van der Waals surface area contributed by atoms with E-state index < -0.39 is 17.2 Å². The van der Waals surface area contributed by atoms with Gasteiger partial charge in [-0.1, -0.05) is 91.0 Å². The summed E-state index contributed by atoms with van der Waals surface area (Å²) >= 11 is 0. The number of Topliss-reactive ketones (excluding diaryl/α,β-unsaturated/α-hetero) is 2. The summed E-state index contributed by atoms with van der Waals surface area (Å²) < 4.78 is 6.24. The first kappa shape index (κ1) is 17.8. The molecule has 0 aliphatic heterocycles. The van der Waals surface area contributed by atoms with Crippen LogP contribution in [-0.4, -0.2) is 18.2 Å². The zero-order valence-corrected chi connectivity index (χ0v) is 14.6. The Morgan fingerprint density at radius 2 is 1.04 bits per heavy atom. The second-order valence-corrected chi connectivity index (χ2v) is 6.05. The summed E-state index contributed by atoms with van der Waals surface area (Å²) in [5.74, 6) is -1.05. The van der Waals surface area contributed by atoms with E-state index in [2.05, 4.69) is 0 Å². The molecular weight excluding hydrogens is 324 g/mol. The summed E-state index contributed by atoms with van der Waals surface area (Å²) in [5.41, 5.74) is 1.71. The zero-order chi connectivity index (χ0) is 18.4. The van der Waals surface area contributed by atoms with E-state index in [9.17, 15) is 9.59 Å². The Morgan fingerprint density at radius 3 is 1.35 bits per heavy atom. The number of rotatable bonds is 7. The fourth-order valence-corrected chi connectivity index (χ4v) is 3.04. The fraction of sp³-hybridized carbons (Fsp3) is 0.130. The molecule has 0 aliphatic carbocycles. The monoisotopic (exact) mass is 344 g/mol. The lowest BCUT2D eigenvalue weighted by molar-refractivity contribution is -0.140. The first-order chi connectivity index (χ1) is 12.6. The molecule has 0 saturated heterocycles. The Bertz CT molecular complexity index is 774. The molecule has 0 bridgehead atoms. The van der Waals surface area contributed by atoms with Crippen molar-refractivity contribution in [1.29, 1.82) is 0 Å². The molecule has 130 valence electrons. The van der Waals surface area contributed by atoms with Crippen molar-refractivity contribution in [3.8, 4) is 0 Å². The lowest BCUT2D eigenvalue weighted by Gasteiger charge is -2.35. The third-order valence-electron chi connectivity index (χ3n) is 4.35. The quantitative estimate of drug-likeness (QED) is 0.478. The van der Waals surface area contributed by atoms with Crippen molar-refractivity contribution in [1.82, 2.24) is 0 Å². The van der Waals surface area contributed by atoms with Crippen molar-refractivity contribution < 1.29 is 14.3 Å². The molecule has 0 heterocycles. The lowest BCUT2D eigenvalue weighted by atomic mass is 9.80. The average Bonchev–Trinajstić information content (AvgIpc) is 2.70. The molecule has 3 heteroatoms. The largest absolute Gasteiger partial charge is 0.353 e. The summed E-state index contributed by atoms with van der Waals surface area (Å²) in [6, 6.07) is 29.2.